The molecule has 0 rings (SSSR count). The van der Waals surface area contributed by atoms with Gasteiger partial charge in [-0.25, -0.2) is 0 Å². The molecule has 0 aromatic carbocycles. The minimum Gasteiger partial charge on any atom is -0.324 e. The maximum absolute atomic E-state index is 2.33. The second-order valence-electron chi connectivity index (χ2n) is 5.65. The van der Waals surface area contributed by atoms with E-state index < -0.39 is 0 Å². The first kappa shape index (κ1) is 24.9. The fourth-order valence-corrected chi connectivity index (χ4v) is 2.64. The summed E-state index contributed by atoms with van der Waals surface area (Å²) < 4.78 is 1.42. The molecule has 0 fully saturated rings. The van der Waals surface area contributed by atoms with E-state index in [1.54, 1.807) is 0 Å². The first-order valence-corrected chi connectivity index (χ1v) is 8.09. The van der Waals surface area contributed by atoms with E-state index in [2.05, 4.69) is 27.7 Å². The third kappa shape index (κ3) is 12.3. The average molecular weight is 454 g/mol. The van der Waals surface area contributed by atoms with E-state index >= 15 is 0 Å². The number of quaternary nitrogens is 1. The van der Waals surface area contributed by atoms with Crippen LogP contribution in [0.5, 0.6) is 0 Å². The van der Waals surface area contributed by atoms with Gasteiger partial charge in [-0.1, -0.05) is 53.4 Å². The van der Waals surface area contributed by atoms with Gasteiger partial charge in [0.15, 0.2) is 0 Å². The normalized spacial score (nSPS) is 10.7. The van der Waals surface area contributed by atoms with Crippen molar-refractivity contribution in [2.24, 2.45) is 0 Å². The van der Waals surface area contributed by atoms with Crippen LogP contribution in [0.25, 0.3) is 0 Å². The minimum atomic E-state index is 0. The zero-order valence-electron chi connectivity index (χ0n) is 13.8. The molecule has 0 spiro atoms. The molecule has 0 atom stereocenters. The summed E-state index contributed by atoms with van der Waals surface area (Å²) in [4.78, 5) is 0. The van der Waals surface area contributed by atoms with Crippen molar-refractivity contribution >= 4 is 11.0 Å². The maximum atomic E-state index is 2.33. The summed E-state index contributed by atoms with van der Waals surface area (Å²) in [6.07, 6.45) is 11.1. The molecule has 110 valence electrons. The predicted molar refractivity (Wildman–Crippen MR) is 85.1 cm³/mol. The molecule has 0 N–H and O–H groups in total. The van der Waals surface area contributed by atoms with Crippen molar-refractivity contribution in [3.8, 4) is 0 Å². The van der Waals surface area contributed by atoms with Gasteiger partial charge < -0.3 is 4.48 Å². The summed E-state index contributed by atoms with van der Waals surface area (Å²) in [6.45, 7) is 15.0. The summed E-state index contributed by atoms with van der Waals surface area (Å²) in [5.41, 5.74) is 0. The molecule has 0 aliphatic carbocycles. The molecule has 0 bridgehead atoms. The van der Waals surface area contributed by atoms with Crippen molar-refractivity contribution in [3.63, 3.8) is 0 Å². The Kier molecular flexibility index (Phi) is 22.1. The number of nitrogens with zero attached hydrogens (tertiary/aromatic N) is 1. The van der Waals surface area contributed by atoms with Crippen molar-refractivity contribution in [1.29, 1.82) is 0 Å². The molecule has 0 aliphatic heterocycles. The van der Waals surface area contributed by atoms with E-state index in [1.807, 2.05) is 0 Å². The quantitative estimate of drug-likeness (QED) is 0.298. The zero-order chi connectivity index (χ0) is 13.0. The van der Waals surface area contributed by atoms with Crippen LogP contribution in [-0.4, -0.2) is 41.6 Å². The number of hydrogen-bond acceptors (Lipinski definition) is 0. The SMILES string of the molecule is CCCC[N+](CCCC)(CCCC)CCCC.[Si+4].[W]. The van der Waals surface area contributed by atoms with Crippen LogP contribution < -0.4 is 0 Å². The maximum Gasteiger partial charge on any atom is 4.00 e. The van der Waals surface area contributed by atoms with Crippen LogP contribution in [0.15, 0.2) is 0 Å². The smallest absolute Gasteiger partial charge is 0.324 e. The Morgan fingerprint density at radius 1 is 0.526 bits per heavy atom. The summed E-state index contributed by atoms with van der Waals surface area (Å²) in [5, 5.41) is 0. The Bertz CT molecular complexity index is 127. The Labute approximate surface area is 141 Å². The van der Waals surface area contributed by atoms with Crippen molar-refractivity contribution in [2.45, 2.75) is 79.1 Å². The van der Waals surface area contributed by atoms with Gasteiger partial charge in [-0.2, -0.15) is 0 Å². The van der Waals surface area contributed by atoms with Gasteiger partial charge >= 0.3 is 11.0 Å². The minimum absolute atomic E-state index is 0. The van der Waals surface area contributed by atoms with Gasteiger partial charge in [0, 0.05) is 21.1 Å². The fraction of sp³-hybridized carbons (Fsp3) is 1.00. The standard InChI is InChI=1S/C16H36N.Si.W/c1-5-9-13-17(14-10-6-2,15-11-7-3)16-12-8-4;;/h5-16H2,1-4H3;;/q+1;+4;. The second kappa shape index (κ2) is 16.9. The van der Waals surface area contributed by atoms with Crippen LogP contribution in [-0.2, 0) is 21.1 Å². The van der Waals surface area contributed by atoms with E-state index in [0.29, 0.717) is 0 Å². The van der Waals surface area contributed by atoms with Gasteiger partial charge in [0.05, 0.1) is 26.2 Å². The van der Waals surface area contributed by atoms with Crippen LogP contribution in [0.3, 0.4) is 0 Å². The molecule has 0 aliphatic rings. The van der Waals surface area contributed by atoms with Crippen LogP contribution in [0.1, 0.15) is 79.1 Å². The van der Waals surface area contributed by atoms with E-state index in [9.17, 15) is 0 Å². The van der Waals surface area contributed by atoms with Crippen molar-refractivity contribution in [2.75, 3.05) is 26.2 Å². The van der Waals surface area contributed by atoms with Crippen LogP contribution in [0.4, 0.5) is 0 Å². The Morgan fingerprint density at radius 3 is 0.895 bits per heavy atom. The van der Waals surface area contributed by atoms with Gasteiger partial charge in [-0.05, 0) is 25.7 Å². The Morgan fingerprint density at radius 2 is 0.737 bits per heavy atom. The molecular formula is C16H36NSiW+5. The summed E-state index contributed by atoms with van der Waals surface area (Å²) in [5.74, 6) is 0. The van der Waals surface area contributed by atoms with E-state index in [0.717, 1.165) is 0 Å². The Hall–Kier alpha value is 0.865. The number of unbranched alkanes of at least 4 members (excludes halogenated alkanes) is 4. The number of hydrogen-bond donors (Lipinski definition) is 0. The first-order chi connectivity index (χ1) is 8.24. The zero-order valence-corrected chi connectivity index (χ0v) is 17.8. The van der Waals surface area contributed by atoms with Gasteiger partial charge in [0.2, 0.25) is 0 Å². The molecule has 0 unspecified atom stereocenters. The summed E-state index contributed by atoms with van der Waals surface area (Å²) >= 11 is 0. The second-order valence-corrected chi connectivity index (χ2v) is 5.65. The van der Waals surface area contributed by atoms with Gasteiger partial charge in [-0.3, -0.25) is 0 Å². The number of rotatable bonds is 12. The van der Waals surface area contributed by atoms with E-state index in [-0.39, 0.29) is 32.0 Å². The van der Waals surface area contributed by atoms with Crippen molar-refractivity contribution in [1.82, 2.24) is 0 Å². The van der Waals surface area contributed by atoms with Crippen LogP contribution >= 0.6 is 0 Å². The molecule has 0 aromatic heterocycles. The van der Waals surface area contributed by atoms with E-state index in [1.165, 1.54) is 82.0 Å². The van der Waals surface area contributed by atoms with Gasteiger partial charge in [-0.15, -0.1) is 0 Å². The average Bonchev–Trinajstić information content (AvgIpc) is 2.37. The molecule has 0 radical (unpaired) electrons. The molecular weight excluding hydrogens is 418 g/mol. The predicted octanol–water partition coefficient (Wildman–Crippen LogP) is 4.62. The molecule has 0 aromatic rings. The first-order valence-electron chi connectivity index (χ1n) is 8.09. The van der Waals surface area contributed by atoms with Gasteiger partial charge in [0.1, 0.15) is 0 Å². The fourth-order valence-electron chi connectivity index (χ4n) is 2.64. The molecule has 0 amide bonds. The van der Waals surface area contributed by atoms with Crippen LogP contribution in [0, 0.1) is 0 Å². The van der Waals surface area contributed by atoms with Crippen molar-refractivity contribution in [3.05, 3.63) is 0 Å². The molecule has 0 saturated heterocycles. The van der Waals surface area contributed by atoms with Crippen LogP contribution in [0.2, 0.25) is 0 Å². The third-order valence-corrected chi connectivity index (χ3v) is 3.94. The topological polar surface area (TPSA) is 0 Å². The van der Waals surface area contributed by atoms with E-state index in [4.69, 9.17) is 0 Å². The Balaban J connectivity index is -0.00000128. The molecule has 3 heteroatoms. The summed E-state index contributed by atoms with van der Waals surface area (Å²) in [6, 6.07) is 0. The monoisotopic (exact) mass is 454 g/mol. The molecule has 0 heterocycles. The molecule has 0 saturated carbocycles. The molecule has 1 nitrogen and oxygen atoms in total. The summed E-state index contributed by atoms with van der Waals surface area (Å²) in [7, 11) is 0. The van der Waals surface area contributed by atoms with Crippen molar-refractivity contribution < 1.29 is 25.5 Å². The largest absolute Gasteiger partial charge is 4.00 e. The third-order valence-electron chi connectivity index (χ3n) is 3.94. The molecule has 19 heavy (non-hydrogen) atoms. The van der Waals surface area contributed by atoms with Gasteiger partial charge in [0.25, 0.3) is 0 Å².